The minimum Gasteiger partial charge on any atom is -0.350 e. The normalized spacial score (nSPS) is 18.7. The number of hydrogen-bond donors (Lipinski definition) is 1. The minimum absolute atomic E-state index is 0.0450. The van der Waals surface area contributed by atoms with Gasteiger partial charge >= 0.3 is 0 Å². The third-order valence-corrected chi connectivity index (χ3v) is 4.29. The Bertz CT molecular complexity index is 597. The molecule has 122 valence electrons. The average molecular weight is 312 g/mol. The molecular weight excluding hydrogens is 288 g/mol. The number of amides is 1. The van der Waals surface area contributed by atoms with Crippen molar-refractivity contribution in [1.29, 1.82) is 0 Å². The molecule has 2 aromatic rings. The predicted octanol–water partition coefficient (Wildman–Crippen LogP) is 1.71. The molecule has 23 heavy (non-hydrogen) atoms. The maximum atomic E-state index is 12.1. The number of carbonyl (C=O) groups excluding carboxylic acids is 1. The summed E-state index contributed by atoms with van der Waals surface area (Å²) < 4.78 is 1.66. The van der Waals surface area contributed by atoms with Crippen LogP contribution in [0, 0.1) is 0 Å². The number of benzene rings is 1. The number of carbonyl (C=O) groups is 1. The van der Waals surface area contributed by atoms with Gasteiger partial charge in [0.25, 0.3) is 0 Å². The summed E-state index contributed by atoms with van der Waals surface area (Å²) in [6, 6.07) is 12.7. The van der Waals surface area contributed by atoms with E-state index in [0.29, 0.717) is 6.54 Å². The molecule has 0 radical (unpaired) electrons. The summed E-state index contributed by atoms with van der Waals surface area (Å²) in [5.41, 5.74) is 1.37. The Balaban J connectivity index is 1.43. The summed E-state index contributed by atoms with van der Waals surface area (Å²) >= 11 is 0. The van der Waals surface area contributed by atoms with Gasteiger partial charge in [0.05, 0.1) is 0 Å². The molecule has 0 saturated carbocycles. The fraction of sp³-hybridized carbons (Fsp3) is 0.444. The Hall–Kier alpha value is -2.14. The van der Waals surface area contributed by atoms with Gasteiger partial charge < -0.3 is 10.2 Å². The molecule has 3 rings (SSSR count). The lowest BCUT2D eigenvalue weighted by Gasteiger charge is -2.33. The van der Waals surface area contributed by atoms with Crippen molar-refractivity contribution in [2.75, 3.05) is 19.6 Å². The maximum Gasteiger partial charge on any atom is 0.241 e. The van der Waals surface area contributed by atoms with Crippen molar-refractivity contribution < 1.29 is 4.79 Å². The number of nitrogens with zero attached hydrogens (tertiary/aromatic N) is 3. The first-order valence-electron chi connectivity index (χ1n) is 8.33. The number of hydrogen-bond acceptors (Lipinski definition) is 3. The summed E-state index contributed by atoms with van der Waals surface area (Å²) in [6.07, 6.45) is 6.77. The highest BCUT2D eigenvalue weighted by Gasteiger charge is 2.21. The van der Waals surface area contributed by atoms with Gasteiger partial charge in [0, 0.05) is 31.5 Å². The van der Waals surface area contributed by atoms with Crippen LogP contribution >= 0.6 is 0 Å². The van der Waals surface area contributed by atoms with Crippen LogP contribution in [0.4, 0.5) is 0 Å². The van der Waals surface area contributed by atoms with Crippen molar-refractivity contribution in [2.45, 2.75) is 31.8 Å². The number of piperidine rings is 1. The molecule has 1 amide bonds. The molecule has 2 heterocycles. The Kier molecular flexibility index (Phi) is 5.42. The second kappa shape index (κ2) is 7.92. The number of aromatic nitrogens is 2. The fourth-order valence-electron chi connectivity index (χ4n) is 3.12. The van der Waals surface area contributed by atoms with E-state index in [1.54, 1.807) is 10.9 Å². The highest BCUT2D eigenvalue weighted by atomic mass is 16.2. The van der Waals surface area contributed by atoms with Crippen molar-refractivity contribution in [3.63, 3.8) is 0 Å². The Morgan fingerprint density at radius 1 is 1.26 bits per heavy atom. The zero-order valence-electron chi connectivity index (χ0n) is 13.4. The molecule has 1 N–H and O–H groups in total. The molecule has 0 spiro atoms. The monoisotopic (exact) mass is 312 g/mol. The van der Waals surface area contributed by atoms with Gasteiger partial charge in [0.15, 0.2) is 0 Å². The molecule has 1 aromatic carbocycles. The quantitative estimate of drug-likeness (QED) is 0.883. The average Bonchev–Trinajstić information content (AvgIpc) is 3.07. The predicted molar refractivity (Wildman–Crippen MR) is 90.0 cm³/mol. The van der Waals surface area contributed by atoms with Gasteiger partial charge in [0.2, 0.25) is 5.91 Å². The lowest BCUT2D eigenvalue weighted by atomic mass is 10.0. The molecule has 5 nitrogen and oxygen atoms in total. The molecular formula is C18H24N4O. The first-order chi connectivity index (χ1) is 11.3. The zero-order chi connectivity index (χ0) is 15.9. The molecule has 1 aliphatic rings. The molecule has 1 atom stereocenters. The highest BCUT2D eigenvalue weighted by Crippen LogP contribution is 2.11. The van der Waals surface area contributed by atoms with Crippen LogP contribution in [-0.2, 0) is 17.8 Å². The summed E-state index contributed by atoms with van der Waals surface area (Å²) in [6.45, 7) is 3.42. The summed E-state index contributed by atoms with van der Waals surface area (Å²) in [5, 5.41) is 7.22. The molecule has 1 aromatic heterocycles. The molecule has 5 heteroatoms. The van der Waals surface area contributed by atoms with E-state index in [0.717, 1.165) is 38.9 Å². The second-order valence-corrected chi connectivity index (χ2v) is 6.15. The van der Waals surface area contributed by atoms with E-state index in [1.807, 2.05) is 12.3 Å². The standard InChI is InChI=1S/C18H24N4O/c23-18(15-22-12-5-10-19-22)20-17-8-4-11-21(14-17)13-9-16-6-2-1-3-7-16/h1-3,5-7,10,12,17H,4,8-9,11,13-15H2,(H,20,23)/t17-/m1/s1. The molecule has 1 aliphatic heterocycles. The van der Waals surface area contributed by atoms with Crippen LogP contribution in [0.3, 0.4) is 0 Å². The molecule has 1 saturated heterocycles. The van der Waals surface area contributed by atoms with Gasteiger partial charge in [-0.25, -0.2) is 0 Å². The maximum absolute atomic E-state index is 12.1. The fourth-order valence-corrected chi connectivity index (χ4v) is 3.12. The summed E-state index contributed by atoms with van der Waals surface area (Å²) in [4.78, 5) is 14.5. The SMILES string of the molecule is O=C(Cn1cccn1)N[C@@H]1CCCN(CCc2ccccc2)C1. The van der Waals surface area contributed by atoms with E-state index in [9.17, 15) is 4.79 Å². The van der Waals surface area contributed by atoms with Crippen LogP contribution in [0.25, 0.3) is 0 Å². The van der Waals surface area contributed by atoms with E-state index in [1.165, 1.54) is 5.56 Å². The lowest BCUT2D eigenvalue weighted by Crippen LogP contribution is -2.48. The van der Waals surface area contributed by atoms with Crippen LogP contribution in [0.15, 0.2) is 48.8 Å². The van der Waals surface area contributed by atoms with Crippen LogP contribution < -0.4 is 5.32 Å². The van der Waals surface area contributed by atoms with E-state index < -0.39 is 0 Å². The van der Waals surface area contributed by atoms with Crippen LogP contribution in [0.1, 0.15) is 18.4 Å². The van der Waals surface area contributed by atoms with Crippen molar-refractivity contribution in [1.82, 2.24) is 20.0 Å². The third kappa shape index (κ3) is 4.93. The largest absolute Gasteiger partial charge is 0.350 e. The van der Waals surface area contributed by atoms with Crippen LogP contribution in [0.2, 0.25) is 0 Å². The van der Waals surface area contributed by atoms with E-state index in [4.69, 9.17) is 0 Å². The van der Waals surface area contributed by atoms with Crippen LogP contribution in [0.5, 0.6) is 0 Å². The molecule has 0 unspecified atom stereocenters. The topological polar surface area (TPSA) is 50.2 Å². The van der Waals surface area contributed by atoms with E-state index in [-0.39, 0.29) is 11.9 Å². The number of likely N-dealkylation sites (tertiary alicyclic amines) is 1. The third-order valence-electron chi connectivity index (χ3n) is 4.29. The van der Waals surface area contributed by atoms with E-state index in [2.05, 4.69) is 45.6 Å². The minimum atomic E-state index is 0.0450. The first kappa shape index (κ1) is 15.7. The van der Waals surface area contributed by atoms with Gasteiger partial charge in [0.1, 0.15) is 6.54 Å². The Labute approximate surface area is 137 Å². The van der Waals surface area contributed by atoms with Gasteiger partial charge in [-0.1, -0.05) is 30.3 Å². The van der Waals surface area contributed by atoms with Gasteiger partial charge in [-0.3, -0.25) is 9.48 Å². The Morgan fingerprint density at radius 3 is 2.91 bits per heavy atom. The lowest BCUT2D eigenvalue weighted by molar-refractivity contribution is -0.122. The smallest absolute Gasteiger partial charge is 0.241 e. The van der Waals surface area contributed by atoms with Gasteiger partial charge in [-0.2, -0.15) is 5.10 Å². The van der Waals surface area contributed by atoms with Crippen molar-refractivity contribution in [2.24, 2.45) is 0 Å². The van der Waals surface area contributed by atoms with Crippen molar-refractivity contribution in [3.8, 4) is 0 Å². The molecule has 0 bridgehead atoms. The summed E-state index contributed by atoms with van der Waals surface area (Å²) in [7, 11) is 0. The zero-order valence-corrected chi connectivity index (χ0v) is 13.4. The van der Waals surface area contributed by atoms with E-state index >= 15 is 0 Å². The van der Waals surface area contributed by atoms with Gasteiger partial charge in [-0.05, 0) is 37.4 Å². The number of nitrogens with one attached hydrogen (secondary N) is 1. The summed E-state index contributed by atoms with van der Waals surface area (Å²) in [5.74, 6) is 0.0450. The molecule has 0 aliphatic carbocycles. The van der Waals surface area contributed by atoms with Crippen molar-refractivity contribution in [3.05, 3.63) is 54.4 Å². The number of rotatable bonds is 6. The Morgan fingerprint density at radius 2 is 2.13 bits per heavy atom. The molecule has 1 fully saturated rings. The second-order valence-electron chi connectivity index (χ2n) is 6.15. The van der Waals surface area contributed by atoms with Crippen LogP contribution in [-0.4, -0.2) is 46.3 Å². The van der Waals surface area contributed by atoms with Crippen molar-refractivity contribution >= 4 is 5.91 Å². The highest BCUT2D eigenvalue weighted by molar-refractivity contribution is 5.75. The first-order valence-corrected chi connectivity index (χ1v) is 8.33. The van der Waals surface area contributed by atoms with Gasteiger partial charge in [-0.15, -0.1) is 0 Å².